The molecule has 2 heterocycles. The van der Waals surface area contributed by atoms with E-state index < -0.39 is 0 Å². The molecule has 0 N–H and O–H groups in total. The zero-order valence-electron chi connectivity index (χ0n) is 12.2. The maximum absolute atomic E-state index is 5.98. The topological polar surface area (TPSA) is 17.3 Å². The van der Waals surface area contributed by atoms with Crippen molar-refractivity contribution in [2.75, 3.05) is 0 Å². The van der Waals surface area contributed by atoms with Gasteiger partial charge in [-0.1, -0.05) is 59.8 Å². The number of hydrogen-bond donors (Lipinski definition) is 0. The van der Waals surface area contributed by atoms with E-state index >= 15 is 0 Å². The quantitative estimate of drug-likeness (QED) is 0.470. The van der Waals surface area contributed by atoms with Crippen molar-refractivity contribution in [3.8, 4) is 11.3 Å². The third-order valence-corrected chi connectivity index (χ3v) is 4.81. The maximum atomic E-state index is 5.98. The Bertz CT molecular complexity index is 946. The first-order chi connectivity index (χ1) is 11.3. The zero-order valence-corrected chi connectivity index (χ0v) is 13.8. The molecule has 23 heavy (non-hydrogen) atoms. The van der Waals surface area contributed by atoms with Crippen LogP contribution in [0.3, 0.4) is 0 Å². The van der Waals surface area contributed by atoms with E-state index in [-0.39, 0.29) is 0 Å². The summed E-state index contributed by atoms with van der Waals surface area (Å²) < 4.78 is 2.13. The first-order valence-electron chi connectivity index (χ1n) is 7.27. The monoisotopic (exact) mass is 336 g/mol. The van der Waals surface area contributed by atoms with Crippen molar-refractivity contribution >= 4 is 29.0 Å². The molecule has 0 amide bonds. The molecule has 0 radical (unpaired) electrons. The largest absolute Gasteiger partial charge is 0.298 e. The minimum atomic E-state index is 0.743. The van der Waals surface area contributed by atoms with E-state index in [1.54, 1.807) is 11.8 Å². The van der Waals surface area contributed by atoms with Gasteiger partial charge in [-0.2, -0.15) is 0 Å². The molecule has 0 unspecified atom stereocenters. The molecule has 4 aromatic rings. The Kier molecular flexibility index (Phi) is 3.82. The molecule has 0 aliphatic rings. The third-order valence-electron chi connectivity index (χ3n) is 3.57. The summed E-state index contributed by atoms with van der Waals surface area (Å²) in [5.74, 6) is 0. The van der Waals surface area contributed by atoms with Gasteiger partial charge in [0.05, 0.1) is 5.69 Å². The Morgan fingerprint density at radius 2 is 1.57 bits per heavy atom. The van der Waals surface area contributed by atoms with Gasteiger partial charge in [0.2, 0.25) is 0 Å². The lowest BCUT2D eigenvalue weighted by Crippen LogP contribution is -1.87. The predicted molar refractivity (Wildman–Crippen MR) is 96.2 cm³/mol. The average molecular weight is 337 g/mol. The van der Waals surface area contributed by atoms with Gasteiger partial charge in [0.25, 0.3) is 0 Å². The van der Waals surface area contributed by atoms with Crippen molar-refractivity contribution < 1.29 is 0 Å². The van der Waals surface area contributed by atoms with Gasteiger partial charge in [-0.3, -0.25) is 4.40 Å². The maximum Gasteiger partial charge on any atom is 0.138 e. The van der Waals surface area contributed by atoms with Crippen LogP contribution in [0.15, 0.2) is 88.9 Å². The summed E-state index contributed by atoms with van der Waals surface area (Å²) in [6.45, 7) is 0. The summed E-state index contributed by atoms with van der Waals surface area (Å²) in [7, 11) is 0. The van der Waals surface area contributed by atoms with Gasteiger partial charge in [0, 0.05) is 21.7 Å². The number of fused-ring (bicyclic) bond motifs is 1. The van der Waals surface area contributed by atoms with Gasteiger partial charge in [-0.05, 0) is 36.4 Å². The second-order valence-corrected chi connectivity index (χ2v) is 6.62. The van der Waals surface area contributed by atoms with Gasteiger partial charge in [0.1, 0.15) is 10.7 Å². The molecule has 0 saturated carbocycles. The summed E-state index contributed by atoms with van der Waals surface area (Å²) in [5, 5.41) is 1.73. The van der Waals surface area contributed by atoms with Crippen LogP contribution < -0.4 is 0 Å². The van der Waals surface area contributed by atoms with Crippen LogP contribution in [0.25, 0.3) is 16.9 Å². The summed E-state index contributed by atoms with van der Waals surface area (Å²) in [6.07, 6.45) is 2.05. The minimum absolute atomic E-state index is 0.743. The van der Waals surface area contributed by atoms with E-state index in [9.17, 15) is 0 Å². The molecule has 4 heteroatoms. The molecule has 0 bridgehead atoms. The number of imidazole rings is 1. The van der Waals surface area contributed by atoms with E-state index in [2.05, 4.69) is 34.9 Å². The van der Waals surface area contributed by atoms with Gasteiger partial charge >= 0.3 is 0 Å². The summed E-state index contributed by atoms with van der Waals surface area (Å²) >= 11 is 7.63. The zero-order chi connectivity index (χ0) is 15.6. The number of benzene rings is 2. The molecule has 0 spiro atoms. The summed E-state index contributed by atoms with van der Waals surface area (Å²) in [5.41, 5.74) is 3.21. The van der Waals surface area contributed by atoms with Crippen LogP contribution in [-0.2, 0) is 0 Å². The first-order valence-corrected chi connectivity index (χ1v) is 8.47. The van der Waals surface area contributed by atoms with Crippen LogP contribution in [0, 0.1) is 0 Å². The lowest BCUT2D eigenvalue weighted by molar-refractivity contribution is 1.18. The van der Waals surface area contributed by atoms with E-state index in [4.69, 9.17) is 16.6 Å². The molecule has 0 aliphatic heterocycles. The number of nitrogens with zero attached hydrogens (tertiary/aromatic N) is 2. The van der Waals surface area contributed by atoms with Crippen molar-refractivity contribution in [3.63, 3.8) is 0 Å². The standard InChI is InChI=1S/C19H13ClN2S/c20-15-9-11-16(12-10-15)23-19-18(14-6-2-1-3-7-14)22-13-5-4-8-17(22)21-19/h1-13H. The highest BCUT2D eigenvalue weighted by atomic mass is 35.5. The molecule has 112 valence electrons. The van der Waals surface area contributed by atoms with Crippen molar-refractivity contribution in [1.29, 1.82) is 0 Å². The summed E-state index contributed by atoms with van der Waals surface area (Å²) in [4.78, 5) is 5.92. The Morgan fingerprint density at radius 3 is 2.35 bits per heavy atom. The van der Waals surface area contributed by atoms with E-state index in [1.165, 1.54) is 0 Å². The molecule has 2 aromatic heterocycles. The fraction of sp³-hybridized carbons (Fsp3) is 0. The Labute approximate surface area is 143 Å². The number of halogens is 1. The lowest BCUT2D eigenvalue weighted by atomic mass is 10.2. The fourth-order valence-corrected chi connectivity index (χ4v) is 3.59. The minimum Gasteiger partial charge on any atom is -0.298 e. The molecule has 2 aromatic carbocycles. The van der Waals surface area contributed by atoms with E-state index in [0.717, 1.165) is 31.8 Å². The molecular formula is C19H13ClN2S. The van der Waals surface area contributed by atoms with Crippen LogP contribution in [0.5, 0.6) is 0 Å². The van der Waals surface area contributed by atoms with Crippen molar-refractivity contribution in [1.82, 2.24) is 9.38 Å². The fourth-order valence-electron chi connectivity index (χ4n) is 2.52. The van der Waals surface area contributed by atoms with Crippen LogP contribution >= 0.6 is 23.4 Å². The molecular weight excluding hydrogens is 324 g/mol. The number of pyridine rings is 1. The Morgan fingerprint density at radius 1 is 0.826 bits per heavy atom. The van der Waals surface area contributed by atoms with Crippen LogP contribution in [0.4, 0.5) is 0 Å². The molecule has 0 fully saturated rings. The van der Waals surface area contributed by atoms with Crippen LogP contribution in [-0.4, -0.2) is 9.38 Å². The number of rotatable bonds is 3. The molecule has 0 aliphatic carbocycles. The molecule has 2 nitrogen and oxygen atoms in total. The second-order valence-electron chi connectivity index (χ2n) is 5.12. The lowest BCUT2D eigenvalue weighted by Gasteiger charge is -2.05. The van der Waals surface area contributed by atoms with Crippen LogP contribution in [0.1, 0.15) is 0 Å². The average Bonchev–Trinajstić information content (AvgIpc) is 2.95. The van der Waals surface area contributed by atoms with E-state index in [1.807, 2.05) is 48.5 Å². The van der Waals surface area contributed by atoms with E-state index in [0.29, 0.717) is 0 Å². The highest BCUT2D eigenvalue weighted by Crippen LogP contribution is 2.36. The highest BCUT2D eigenvalue weighted by Gasteiger charge is 2.14. The predicted octanol–water partition coefficient (Wildman–Crippen LogP) is 5.81. The molecule has 4 rings (SSSR count). The Hall–Kier alpha value is -2.23. The van der Waals surface area contributed by atoms with Crippen molar-refractivity contribution in [2.45, 2.75) is 9.92 Å². The van der Waals surface area contributed by atoms with Gasteiger partial charge in [0.15, 0.2) is 0 Å². The third kappa shape index (κ3) is 2.85. The second kappa shape index (κ2) is 6.11. The van der Waals surface area contributed by atoms with Crippen LogP contribution in [0.2, 0.25) is 5.02 Å². The van der Waals surface area contributed by atoms with Gasteiger partial charge in [-0.25, -0.2) is 4.98 Å². The summed E-state index contributed by atoms with van der Waals surface area (Å²) in [6, 6.07) is 24.3. The normalized spacial score (nSPS) is 11.0. The highest BCUT2D eigenvalue weighted by molar-refractivity contribution is 7.99. The molecule has 0 atom stereocenters. The van der Waals surface area contributed by atoms with Gasteiger partial charge < -0.3 is 0 Å². The smallest absolute Gasteiger partial charge is 0.138 e. The number of aromatic nitrogens is 2. The van der Waals surface area contributed by atoms with Crippen molar-refractivity contribution in [3.05, 3.63) is 84.0 Å². The number of hydrogen-bond acceptors (Lipinski definition) is 2. The van der Waals surface area contributed by atoms with Gasteiger partial charge in [-0.15, -0.1) is 0 Å². The Balaban J connectivity index is 1.87. The SMILES string of the molecule is Clc1ccc(Sc2nc3ccccn3c2-c2ccccc2)cc1. The first kappa shape index (κ1) is 14.4. The molecule has 0 saturated heterocycles. The van der Waals surface area contributed by atoms with Crippen molar-refractivity contribution in [2.24, 2.45) is 0 Å².